The van der Waals surface area contributed by atoms with Crippen molar-refractivity contribution in [1.82, 2.24) is 9.78 Å². The Kier molecular flexibility index (Phi) is 3.76. The van der Waals surface area contributed by atoms with Crippen LogP contribution in [0.2, 0.25) is 0 Å². The number of rotatable bonds is 3. The molecule has 2 atom stereocenters. The van der Waals surface area contributed by atoms with E-state index in [1.807, 2.05) is 4.68 Å². The van der Waals surface area contributed by atoms with Crippen molar-refractivity contribution in [1.29, 1.82) is 0 Å². The van der Waals surface area contributed by atoms with Gasteiger partial charge in [0, 0.05) is 32.3 Å². The van der Waals surface area contributed by atoms with E-state index in [-0.39, 0.29) is 17.6 Å². The lowest BCUT2D eigenvalue weighted by Gasteiger charge is -2.37. The fourth-order valence-corrected chi connectivity index (χ4v) is 2.95. The molecule has 0 radical (unpaired) electrons. The maximum absolute atomic E-state index is 11.7. The van der Waals surface area contributed by atoms with E-state index in [0.717, 1.165) is 25.9 Å². The molecule has 0 bridgehead atoms. The van der Waals surface area contributed by atoms with Gasteiger partial charge in [-0.25, -0.2) is 4.79 Å². The fraction of sp³-hybridized carbons (Fsp3) is 0.714. The van der Waals surface area contributed by atoms with Crippen molar-refractivity contribution in [2.75, 3.05) is 26.4 Å². The molecular weight excluding hydrogens is 260 g/mol. The first kappa shape index (κ1) is 13.6. The van der Waals surface area contributed by atoms with Crippen LogP contribution in [0.4, 0.5) is 0 Å². The molecule has 0 aromatic carbocycles. The number of nitrogens with zero attached hydrogens (tertiary/aromatic N) is 2. The Labute approximate surface area is 118 Å². The number of hydrogen-bond acceptors (Lipinski definition) is 5. The molecule has 0 aliphatic carbocycles. The van der Waals surface area contributed by atoms with Crippen LogP contribution in [0, 0.1) is 0 Å². The zero-order chi connectivity index (χ0) is 14.0. The first-order chi connectivity index (χ1) is 9.72. The molecule has 6 nitrogen and oxygen atoms in total. The lowest BCUT2D eigenvalue weighted by atomic mass is 9.90. The lowest BCUT2D eigenvalue weighted by Crippen LogP contribution is -2.41. The third-order valence-corrected chi connectivity index (χ3v) is 4.02. The van der Waals surface area contributed by atoms with E-state index in [2.05, 4.69) is 5.10 Å². The summed E-state index contributed by atoms with van der Waals surface area (Å²) < 4.78 is 18.2. The zero-order valence-electron chi connectivity index (χ0n) is 11.7. The van der Waals surface area contributed by atoms with Gasteiger partial charge in [-0.15, -0.1) is 0 Å². The molecule has 0 amide bonds. The second-order valence-electron chi connectivity index (χ2n) is 5.41. The second-order valence-corrected chi connectivity index (χ2v) is 5.41. The summed E-state index contributed by atoms with van der Waals surface area (Å²) in [6.07, 6.45) is 6.08. The number of carbonyl (C=O) groups is 1. The third-order valence-electron chi connectivity index (χ3n) is 4.02. The van der Waals surface area contributed by atoms with Crippen molar-refractivity contribution < 1.29 is 19.0 Å². The van der Waals surface area contributed by atoms with Crippen LogP contribution in [-0.4, -0.2) is 47.8 Å². The van der Waals surface area contributed by atoms with Gasteiger partial charge in [0.1, 0.15) is 0 Å². The molecule has 3 rings (SSSR count). The monoisotopic (exact) mass is 280 g/mol. The quantitative estimate of drug-likeness (QED) is 0.786. The highest BCUT2D eigenvalue weighted by molar-refractivity contribution is 5.88. The summed E-state index contributed by atoms with van der Waals surface area (Å²) in [7, 11) is 0. The van der Waals surface area contributed by atoms with E-state index in [0.29, 0.717) is 25.4 Å². The van der Waals surface area contributed by atoms with Gasteiger partial charge in [-0.1, -0.05) is 0 Å². The van der Waals surface area contributed by atoms with Crippen molar-refractivity contribution in [3.63, 3.8) is 0 Å². The fourth-order valence-electron chi connectivity index (χ4n) is 2.95. The Morgan fingerprint density at radius 1 is 1.60 bits per heavy atom. The zero-order valence-corrected chi connectivity index (χ0v) is 11.7. The molecule has 3 heterocycles. The Morgan fingerprint density at radius 2 is 2.50 bits per heavy atom. The minimum absolute atomic E-state index is 0.154. The predicted octanol–water partition coefficient (Wildman–Crippen LogP) is 1.57. The van der Waals surface area contributed by atoms with Crippen LogP contribution in [0.25, 0.3) is 0 Å². The van der Waals surface area contributed by atoms with Crippen LogP contribution in [-0.2, 0) is 14.2 Å². The summed E-state index contributed by atoms with van der Waals surface area (Å²) >= 11 is 0. The number of hydrogen-bond donors (Lipinski definition) is 0. The van der Waals surface area contributed by atoms with Crippen LogP contribution >= 0.6 is 0 Å². The van der Waals surface area contributed by atoms with Gasteiger partial charge in [0.05, 0.1) is 36.6 Å². The Balaban J connectivity index is 1.71. The lowest BCUT2D eigenvalue weighted by molar-refractivity contribution is -0.0962. The number of carbonyl (C=O) groups excluding carboxylic acids is 1. The summed E-state index contributed by atoms with van der Waals surface area (Å²) in [5.41, 5.74) is 0.356. The van der Waals surface area contributed by atoms with Crippen LogP contribution in [0.1, 0.15) is 42.6 Å². The SMILES string of the molecule is CCOC(=O)c1cnn(C2CCOC3(CCOC3)C2)c1. The summed E-state index contributed by atoms with van der Waals surface area (Å²) in [5.74, 6) is -0.315. The van der Waals surface area contributed by atoms with Crippen molar-refractivity contribution in [2.45, 2.75) is 37.8 Å². The highest BCUT2D eigenvalue weighted by atomic mass is 16.6. The molecule has 2 fully saturated rings. The average molecular weight is 280 g/mol. The molecule has 2 aliphatic rings. The van der Waals surface area contributed by atoms with Crippen LogP contribution in [0.3, 0.4) is 0 Å². The van der Waals surface area contributed by atoms with E-state index in [9.17, 15) is 4.79 Å². The van der Waals surface area contributed by atoms with Crippen LogP contribution in [0.15, 0.2) is 12.4 Å². The summed E-state index contributed by atoms with van der Waals surface area (Å²) in [6, 6.07) is 0.258. The maximum Gasteiger partial charge on any atom is 0.341 e. The van der Waals surface area contributed by atoms with Crippen LogP contribution in [0.5, 0.6) is 0 Å². The second kappa shape index (κ2) is 5.54. The highest BCUT2D eigenvalue weighted by Crippen LogP contribution is 2.37. The van der Waals surface area contributed by atoms with Gasteiger partial charge in [-0.2, -0.15) is 5.10 Å². The van der Waals surface area contributed by atoms with Crippen molar-refractivity contribution in [3.05, 3.63) is 18.0 Å². The molecule has 1 aromatic rings. The van der Waals surface area contributed by atoms with Crippen LogP contribution < -0.4 is 0 Å². The number of aromatic nitrogens is 2. The molecule has 1 spiro atoms. The molecule has 2 aliphatic heterocycles. The standard InChI is InChI=1S/C14H20N2O4/c1-2-19-13(17)11-8-15-16(9-11)12-3-5-20-14(7-12)4-6-18-10-14/h8-9,12H,2-7,10H2,1H3. The largest absolute Gasteiger partial charge is 0.462 e. The van der Waals surface area contributed by atoms with Crippen molar-refractivity contribution in [2.24, 2.45) is 0 Å². The average Bonchev–Trinajstić information content (AvgIpc) is 3.09. The molecule has 0 N–H and O–H groups in total. The van der Waals surface area contributed by atoms with Gasteiger partial charge in [-0.3, -0.25) is 4.68 Å². The maximum atomic E-state index is 11.7. The van der Waals surface area contributed by atoms with Gasteiger partial charge in [-0.05, 0) is 13.3 Å². The van der Waals surface area contributed by atoms with E-state index in [1.54, 1.807) is 19.3 Å². The highest BCUT2D eigenvalue weighted by Gasteiger charge is 2.41. The molecular formula is C14H20N2O4. The Hall–Kier alpha value is -1.40. The molecule has 0 saturated carbocycles. The summed E-state index contributed by atoms with van der Waals surface area (Å²) in [5, 5.41) is 4.32. The number of esters is 1. The summed E-state index contributed by atoms with van der Waals surface area (Å²) in [4.78, 5) is 11.7. The van der Waals surface area contributed by atoms with Crippen molar-refractivity contribution in [3.8, 4) is 0 Å². The van der Waals surface area contributed by atoms with Gasteiger partial charge >= 0.3 is 5.97 Å². The first-order valence-corrected chi connectivity index (χ1v) is 7.15. The smallest absolute Gasteiger partial charge is 0.341 e. The minimum Gasteiger partial charge on any atom is -0.462 e. The normalized spacial score (nSPS) is 29.8. The van der Waals surface area contributed by atoms with E-state index >= 15 is 0 Å². The molecule has 1 aromatic heterocycles. The van der Waals surface area contributed by atoms with E-state index < -0.39 is 0 Å². The Morgan fingerprint density at radius 3 is 3.25 bits per heavy atom. The molecule has 2 saturated heterocycles. The van der Waals surface area contributed by atoms with Gasteiger partial charge < -0.3 is 14.2 Å². The van der Waals surface area contributed by atoms with Gasteiger partial charge in [0.15, 0.2) is 0 Å². The topological polar surface area (TPSA) is 62.6 Å². The molecule has 2 unspecified atom stereocenters. The van der Waals surface area contributed by atoms with Gasteiger partial charge in [0.2, 0.25) is 0 Å². The van der Waals surface area contributed by atoms with E-state index in [1.165, 1.54) is 0 Å². The minimum atomic E-state index is -0.315. The molecule has 110 valence electrons. The Bertz CT molecular complexity index is 479. The third kappa shape index (κ3) is 2.58. The predicted molar refractivity (Wildman–Crippen MR) is 70.6 cm³/mol. The molecule has 20 heavy (non-hydrogen) atoms. The summed E-state index contributed by atoms with van der Waals surface area (Å²) in [6.45, 7) is 4.31. The van der Waals surface area contributed by atoms with Crippen molar-refractivity contribution >= 4 is 5.97 Å². The number of ether oxygens (including phenoxy) is 3. The van der Waals surface area contributed by atoms with Gasteiger partial charge in [0.25, 0.3) is 0 Å². The van der Waals surface area contributed by atoms with E-state index in [4.69, 9.17) is 14.2 Å². The molecule has 6 heteroatoms. The first-order valence-electron chi connectivity index (χ1n) is 7.15.